The Labute approximate surface area is 148 Å². The van der Waals surface area contributed by atoms with Crippen LogP contribution >= 0.6 is 0 Å². The molecule has 0 saturated heterocycles. The molecule has 7 heteroatoms. The van der Waals surface area contributed by atoms with Crippen molar-refractivity contribution in [1.29, 1.82) is 0 Å². The number of hydrogen-bond acceptors (Lipinski definition) is 4. The topological polar surface area (TPSA) is 101 Å². The zero-order chi connectivity index (χ0) is 18.4. The van der Waals surface area contributed by atoms with Gasteiger partial charge in [-0.05, 0) is 49.1 Å². The molecule has 0 heterocycles. The van der Waals surface area contributed by atoms with Gasteiger partial charge in [0.1, 0.15) is 15.9 Å². The van der Waals surface area contributed by atoms with Crippen LogP contribution < -0.4 is 5.32 Å². The van der Waals surface area contributed by atoms with E-state index >= 15 is 0 Å². The number of hydrogen-bond donors (Lipinski definition) is 2. The lowest BCUT2D eigenvalue weighted by Crippen LogP contribution is -2.42. The monoisotopic (exact) mass is 367 g/mol. The summed E-state index contributed by atoms with van der Waals surface area (Å²) in [5.41, 5.74) is 2.42. The molecule has 2 N–H and O–H groups in total. The van der Waals surface area contributed by atoms with Crippen LogP contribution in [0.3, 0.4) is 0 Å². The third kappa shape index (κ3) is 6.16. The highest BCUT2D eigenvalue weighted by Gasteiger charge is 2.28. The van der Waals surface area contributed by atoms with Crippen molar-refractivity contribution in [2.24, 2.45) is 0 Å². The van der Waals surface area contributed by atoms with Crippen LogP contribution in [0.25, 0.3) is 0 Å². The standard InChI is InChI=1S/C18H25NO5S/c1-25(23,24)11-5-10-17(20)19-16(18(21)22)12-14-8-4-7-13-6-2-3-9-15(13)14/h2-3,6,9,14,16H,4-5,7-8,10-12H2,1H3,(H,19,20)(H,21,22). The van der Waals surface area contributed by atoms with E-state index in [1.807, 2.05) is 18.2 Å². The fraction of sp³-hybridized carbons (Fsp3) is 0.556. The number of carboxylic acid groups (broad SMARTS) is 1. The number of carboxylic acids is 1. The summed E-state index contributed by atoms with van der Waals surface area (Å²) < 4.78 is 22.2. The van der Waals surface area contributed by atoms with E-state index < -0.39 is 27.8 Å². The van der Waals surface area contributed by atoms with Gasteiger partial charge in [-0.2, -0.15) is 0 Å². The Balaban J connectivity index is 1.95. The van der Waals surface area contributed by atoms with Crippen LogP contribution in [-0.4, -0.2) is 43.5 Å². The number of fused-ring (bicyclic) bond motifs is 1. The van der Waals surface area contributed by atoms with Crippen molar-refractivity contribution in [2.45, 2.75) is 50.5 Å². The van der Waals surface area contributed by atoms with Gasteiger partial charge in [-0.15, -0.1) is 0 Å². The van der Waals surface area contributed by atoms with Crippen LogP contribution in [0, 0.1) is 0 Å². The first kappa shape index (κ1) is 19.4. The molecular weight excluding hydrogens is 342 g/mol. The zero-order valence-electron chi connectivity index (χ0n) is 14.4. The van der Waals surface area contributed by atoms with Gasteiger partial charge >= 0.3 is 5.97 Å². The van der Waals surface area contributed by atoms with Crippen molar-refractivity contribution < 1.29 is 23.1 Å². The smallest absolute Gasteiger partial charge is 0.326 e. The molecule has 25 heavy (non-hydrogen) atoms. The van der Waals surface area contributed by atoms with Crippen LogP contribution in [0.4, 0.5) is 0 Å². The summed E-state index contributed by atoms with van der Waals surface area (Å²) in [7, 11) is -3.12. The van der Waals surface area contributed by atoms with E-state index in [2.05, 4.69) is 11.4 Å². The highest BCUT2D eigenvalue weighted by atomic mass is 32.2. The normalized spacial score (nSPS) is 18.2. The predicted octanol–water partition coefficient (Wildman–Crippen LogP) is 1.89. The average Bonchev–Trinajstić information content (AvgIpc) is 2.53. The number of nitrogens with one attached hydrogen (secondary N) is 1. The van der Waals surface area contributed by atoms with Crippen LogP contribution in [0.2, 0.25) is 0 Å². The van der Waals surface area contributed by atoms with E-state index in [1.54, 1.807) is 0 Å². The highest BCUT2D eigenvalue weighted by Crippen LogP contribution is 2.34. The molecule has 6 nitrogen and oxygen atoms in total. The maximum Gasteiger partial charge on any atom is 0.326 e. The lowest BCUT2D eigenvalue weighted by molar-refractivity contribution is -0.142. The van der Waals surface area contributed by atoms with Gasteiger partial charge in [0.15, 0.2) is 0 Å². The van der Waals surface area contributed by atoms with Gasteiger partial charge < -0.3 is 10.4 Å². The van der Waals surface area contributed by atoms with Crippen molar-refractivity contribution >= 4 is 21.7 Å². The molecule has 2 unspecified atom stereocenters. The first-order valence-electron chi connectivity index (χ1n) is 8.54. The SMILES string of the molecule is CS(=O)(=O)CCCC(=O)NC(CC1CCCc2ccccc21)C(=O)O. The summed E-state index contributed by atoms with van der Waals surface area (Å²) in [4.78, 5) is 23.5. The molecule has 0 aromatic heterocycles. The molecule has 2 rings (SSSR count). The van der Waals surface area contributed by atoms with Gasteiger partial charge in [0, 0.05) is 12.7 Å². The fourth-order valence-electron chi connectivity index (χ4n) is 3.37. The molecule has 0 aliphatic heterocycles. The molecule has 1 aliphatic carbocycles. The number of aryl methyl sites for hydroxylation is 1. The summed E-state index contributed by atoms with van der Waals surface area (Å²) >= 11 is 0. The third-order valence-corrected chi connectivity index (χ3v) is 5.60. The first-order chi connectivity index (χ1) is 11.8. The van der Waals surface area contributed by atoms with E-state index in [-0.39, 0.29) is 24.5 Å². The Bertz CT molecular complexity index is 729. The Morgan fingerprint density at radius 3 is 2.72 bits per heavy atom. The number of carbonyl (C=O) groups excluding carboxylic acids is 1. The maximum absolute atomic E-state index is 12.0. The van der Waals surface area contributed by atoms with Gasteiger partial charge in [0.25, 0.3) is 0 Å². The van der Waals surface area contributed by atoms with Gasteiger partial charge in [-0.3, -0.25) is 4.79 Å². The second kappa shape index (κ2) is 8.47. The predicted molar refractivity (Wildman–Crippen MR) is 95.2 cm³/mol. The summed E-state index contributed by atoms with van der Waals surface area (Å²) in [6, 6.07) is 7.09. The Morgan fingerprint density at radius 2 is 2.04 bits per heavy atom. The first-order valence-corrected chi connectivity index (χ1v) is 10.6. The molecule has 0 fully saturated rings. The molecular formula is C18H25NO5S. The van der Waals surface area contributed by atoms with Crippen LogP contribution in [0.1, 0.15) is 49.1 Å². The van der Waals surface area contributed by atoms with Crippen molar-refractivity contribution in [3.05, 3.63) is 35.4 Å². The van der Waals surface area contributed by atoms with E-state index in [0.717, 1.165) is 25.5 Å². The average molecular weight is 367 g/mol. The molecule has 0 bridgehead atoms. The summed E-state index contributed by atoms with van der Waals surface area (Å²) in [6.07, 6.45) is 4.60. The molecule has 1 aliphatic rings. The Kier molecular flexibility index (Phi) is 6.58. The lowest BCUT2D eigenvalue weighted by Gasteiger charge is -2.28. The van der Waals surface area contributed by atoms with Crippen molar-refractivity contribution in [3.63, 3.8) is 0 Å². The molecule has 1 aromatic rings. The number of amides is 1. The van der Waals surface area contributed by atoms with E-state index in [4.69, 9.17) is 0 Å². The Morgan fingerprint density at radius 1 is 1.32 bits per heavy atom. The summed E-state index contributed by atoms with van der Waals surface area (Å²) in [5, 5.41) is 12.0. The van der Waals surface area contributed by atoms with Crippen LogP contribution in [0.15, 0.2) is 24.3 Å². The number of rotatable bonds is 8. The summed E-state index contributed by atoms with van der Waals surface area (Å²) in [6.45, 7) is 0. The minimum absolute atomic E-state index is 0.0120. The number of carbonyl (C=O) groups is 2. The van der Waals surface area contributed by atoms with Gasteiger partial charge in [-0.25, -0.2) is 13.2 Å². The quantitative estimate of drug-likeness (QED) is 0.731. The second-order valence-electron chi connectivity index (χ2n) is 6.72. The summed E-state index contributed by atoms with van der Waals surface area (Å²) in [5.74, 6) is -1.43. The molecule has 0 saturated carbocycles. The lowest BCUT2D eigenvalue weighted by atomic mass is 9.79. The second-order valence-corrected chi connectivity index (χ2v) is 8.98. The zero-order valence-corrected chi connectivity index (χ0v) is 15.2. The van der Waals surface area contributed by atoms with Gasteiger partial charge in [-0.1, -0.05) is 24.3 Å². The molecule has 1 amide bonds. The highest BCUT2D eigenvalue weighted by molar-refractivity contribution is 7.90. The van der Waals surface area contributed by atoms with E-state index in [9.17, 15) is 23.1 Å². The number of sulfone groups is 1. The molecule has 2 atom stereocenters. The largest absolute Gasteiger partial charge is 0.480 e. The van der Waals surface area contributed by atoms with Crippen molar-refractivity contribution in [2.75, 3.05) is 12.0 Å². The third-order valence-electron chi connectivity index (χ3n) is 4.57. The van der Waals surface area contributed by atoms with E-state index in [1.165, 1.54) is 11.1 Å². The van der Waals surface area contributed by atoms with Crippen molar-refractivity contribution in [1.82, 2.24) is 5.32 Å². The Hall–Kier alpha value is -1.89. The van der Waals surface area contributed by atoms with Gasteiger partial charge in [0.05, 0.1) is 5.75 Å². The number of benzene rings is 1. The molecule has 1 aromatic carbocycles. The van der Waals surface area contributed by atoms with Crippen LogP contribution in [0.5, 0.6) is 0 Å². The van der Waals surface area contributed by atoms with Crippen molar-refractivity contribution in [3.8, 4) is 0 Å². The number of aliphatic carboxylic acids is 1. The van der Waals surface area contributed by atoms with Crippen LogP contribution in [-0.2, 0) is 25.8 Å². The van der Waals surface area contributed by atoms with E-state index in [0.29, 0.717) is 6.42 Å². The molecule has 0 spiro atoms. The molecule has 138 valence electrons. The van der Waals surface area contributed by atoms with Gasteiger partial charge in [0.2, 0.25) is 5.91 Å². The minimum atomic E-state index is -3.12. The minimum Gasteiger partial charge on any atom is -0.480 e. The maximum atomic E-state index is 12.0. The fourth-order valence-corrected chi connectivity index (χ4v) is 4.04. The molecule has 0 radical (unpaired) electrons.